The van der Waals surface area contributed by atoms with Crippen molar-refractivity contribution in [2.75, 3.05) is 13.7 Å². The fourth-order valence-electron chi connectivity index (χ4n) is 6.05. The van der Waals surface area contributed by atoms with Crippen LogP contribution in [0.25, 0.3) is 31.9 Å². The van der Waals surface area contributed by atoms with Gasteiger partial charge in [0.25, 0.3) is 5.91 Å². The summed E-state index contributed by atoms with van der Waals surface area (Å²) in [7, 11) is 1.66. The summed E-state index contributed by atoms with van der Waals surface area (Å²) in [6.07, 6.45) is 3.48. The van der Waals surface area contributed by atoms with Gasteiger partial charge in [-0.15, -0.1) is 11.3 Å². The monoisotopic (exact) mass is 660 g/mol. The van der Waals surface area contributed by atoms with Crippen molar-refractivity contribution >= 4 is 45.1 Å². The molecule has 3 amide bonds. The fraction of sp³-hybridized carbons (Fsp3) is 0.243. The quantitative estimate of drug-likeness (QED) is 0.140. The van der Waals surface area contributed by atoms with E-state index in [0.717, 1.165) is 48.9 Å². The Labute approximate surface area is 280 Å². The van der Waals surface area contributed by atoms with Crippen molar-refractivity contribution in [2.24, 2.45) is 0 Å². The van der Waals surface area contributed by atoms with Crippen molar-refractivity contribution in [3.05, 3.63) is 95.8 Å². The molecule has 0 radical (unpaired) electrons. The molecule has 0 bridgehead atoms. The van der Waals surface area contributed by atoms with Gasteiger partial charge < -0.3 is 14.4 Å². The molecule has 4 heterocycles. The van der Waals surface area contributed by atoms with Gasteiger partial charge in [-0.2, -0.15) is 0 Å². The van der Waals surface area contributed by atoms with Gasteiger partial charge in [-0.3, -0.25) is 29.5 Å². The van der Waals surface area contributed by atoms with Crippen LogP contribution in [0.4, 0.5) is 0 Å². The summed E-state index contributed by atoms with van der Waals surface area (Å²) in [5, 5.41) is 3.26. The molecule has 2 aliphatic rings. The van der Waals surface area contributed by atoms with Crippen molar-refractivity contribution in [3.8, 4) is 33.2 Å². The van der Waals surface area contributed by atoms with Crippen LogP contribution >= 0.6 is 11.3 Å². The molecule has 1 N–H and O–H groups in total. The zero-order chi connectivity index (χ0) is 33.2. The van der Waals surface area contributed by atoms with Crippen molar-refractivity contribution in [1.82, 2.24) is 20.2 Å². The number of ether oxygens (including phenoxy) is 2. The largest absolute Gasteiger partial charge is 0.497 e. The second-order valence-corrected chi connectivity index (χ2v) is 12.9. The van der Waals surface area contributed by atoms with Crippen LogP contribution in [0.5, 0.6) is 11.5 Å². The van der Waals surface area contributed by atoms with E-state index in [0.29, 0.717) is 37.2 Å². The van der Waals surface area contributed by atoms with Crippen LogP contribution in [-0.2, 0) is 27.3 Å². The molecule has 3 aromatic carbocycles. The summed E-state index contributed by atoms with van der Waals surface area (Å²) < 4.78 is 12.3. The van der Waals surface area contributed by atoms with E-state index in [9.17, 15) is 19.2 Å². The van der Waals surface area contributed by atoms with Crippen LogP contribution in [0.1, 0.15) is 47.3 Å². The van der Waals surface area contributed by atoms with Gasteiger partial charge in [0, 0.05) is 54.4 Å². The maximum absolute atomic E-state index is 12.9. The first-order valence-corrected chi connectivity index (χ1v) is 16.6. The molecular formula is C37H32N4O6S. The highest BCUT2D eigenvalue weighted by Gasteiger charge is 2.39. The summed E-state index contributed by atoms with van der Waals surface area (Å²) in [6, 6.07) is 22.6. The number of Topliss-reactive ketones (excluding diaryl/α,β-unsaturated/α-hetero) is 1. The predicted octanol–water partition coefficient (Wildman–Crippen LogP) is 5.77. The summed E-state index contributed by atoms with van der Waals surface area (Å²) >= 11 is 1.63. The number of hydrogen-bond acceptors (Lipinski definition) is 9. The molecule has 1 unspecified atom stereocenters. The third-order valence-corrected chi connectivity index (χ3v) is 9.69. The van der Waals surface area contributed by atoms with E-state index in [1.165, 1.54) is 4.90 Å². The molecule has 0 spiro atoms. The minimum absolute atomic E-state index is 0.0797. The number of imide groups is 1. The Bertz CT molecular complexity index is 2040. The van der Waals surface area contributed by atoms with Gasteiger partial charge in [0.15, 0.2) is 0 Å². The molecule has 2 aliphatic heterocycles. The molecule has 10 nitrogen and oxygen atoms in total. The van der Waals surface area contributed by atoms with Crippen LogP contribution in [0.15, 0.2) is 79.0 Å². The zero-order valence-corrected chi connectivity index (χ0v) is 27.0. The van der Waals surface area contributed by atoms with E-state index in [-0.39, 0.29) is 37.0 Å². The van der Waals surface area contributed by atoms with Gasteiger partial charge in [0.1, 0.15) is 28.3 Å². The smallest absolute Gasteiger partial charge is 0.255 e. The first-order chi connectivity index (χ1) is 23.3. The number of fused-ring (bicyclic) bond motifs is 2. The SMILES string of the molecule is COc1ccc2nc(-c3ccc(-c4ccc(CC(=O)CCCOc5ccc6c(c5)CN(C5CCC(=O)NC5=O)C6=O)nc4)cc3)sc2c1. The van der Waals surface area contributed by atoms with E-state index >= 15 is 0 Å². The number of methoxy groups -OCH3 is 1. The topological polar surface area (TPSA) is 128 Å². The molecule has 5 aromatic rings. The molecule has 2 aromatic heterocycles. The lowest BCUT2D eigenvalue weighted by atomic mass is 10.0. The van der Waals surface area contributed by atoms with Gasteiger partial charge in [0.05, 0.1) is 23.9 Å². The highest BCUT2D eigenvalue weighted by atomic mass is 32.1. The Morgan fingerprint density at radius 1 is 0.958 bits per heavy atom. The number of benzene rings is 3. The summed E-state index contributed by atoms with van der Waals surface area (Å²) in [5.41, 5.74) is 6.01. The minimum atomic E-state index is -0.655. The van der Waals surface area contributed by atoms with Crippen LogP contribution in [0.2, 0.25) is 0 Å². The Balaban J connectivity index is 0.876. The number of carbonyl (C=O) groups is 4. The van der Waals surface area contributed by atoms with Gasteiger partial charge in [-0.05, 0) is 66.4 Å². The molecule has 0 aliphatic carbocycles. The summed E-state index contributed by atoms with van der Waals surface area (Å²) in [6.45, 7) is 0.636. The van der Waals surface area contributed by atoms with Gasteiger partial charge >= 0.3 is 0 Å². The maximum Gasteiger partial charge on any atom is 0.255 e. The van der Waals surface area contributed by atoms with E-state index in [2.05, 4.69) is 34.6 Å². The summed E-state index contributed by atoms with van der Waals surface area (Å²) in [5.74, 6) is 0.522. The zero-order valence-electron chi connectivity index (χ0n) is 26.2. The predicted molar refractivity (Wildman–Crippen MR) is 181 cm³/mol. The molecule has 0 saturated carbocycles. The van der Waals surface area contributed by atoms with Crippen molar-refractivity contribution < 1.29 is 28.7 Å². The molecule has 1 saturated heterocycles. The number of rotatable bonds is 11. The average molecular weight is 661 g/mol. The Morgan fingerprint density at radius 2 is 1.75 bits per heavy atom. The highest BCUT2D eigenvalue weighted by molar-refractivity contribution is 7.21. The van der Waals surface area contributed by atoms with Crippen LogP contribution in [0.3, 0.4) is 0 Å². The van der Waals surface area contributed by atoms with Crippen molar-refractivity contribution in [2.45, 2.75) is 44.7 Å². The first-order valence-electron chi connectivity index (χ1n) is 15.8. The van der Waals surface area contributed by atoms with Crippen LogP contribution in [-0.4, -0.2) is 58.1 Å². The number of aromatic nitrogens is 2. The third kappa shape index (κ3) is 6.54. The molecule has 11 heteroatoms. The second kappa shape index (κ2) is 13.4. The first kappa shape index (κ1) is 31.2. The van der Waals surface area contributed by atoms with Crippen LogP contribution in [0, 0.1) is 0 Å². The number of amides is 3. The van der Waals surface area contributed by atoms with Crippen molar-refractivity contribution in [3.63, 3.8) is 0 Å². The lowest BCUT2D eigenvalue weighted by Crippen LogP contribution is -2.52. The number of hydrogen-bond donors (Lipinski definition) is 1. The number of pyridine rings is 1. The maximum atomic E-state index is 12.9. The minimum Gasteiger partial charge on any atom is -0.497 e. The Kier molecular flexibility index (Phi) is 8.68. The number of piperidine rings is 1. The molecule has 1 fully saturated rings. The highest BCUT2D eigenvalue weighted by Crippen LogP contribution is 2.34. The Hall–Kier alpha value is -5.42. The lowest BCUT2D eigenvalue weighted by molar-refractivity contribution is -0.137. The van der Waals surface area contributed by atoms with Crippen molar-refractivity contribution in [1.29, 1.82) is 0 Å². The molecular weight excluding hydrogens is 628 g/mol. The van der Waals surface area contributed by atoms with E-state index in [1.807, 2.05) is 30.3 Å². The van der Waals surface area contributed by atoms with Gasteiger partial charge in [0.2, 0.25) is 11.8 Å². The molecule has 7 rings (SSSR count). The normalized spacial score (nSPS) is 15.8. The number of nitrogens with one attached hydrogen (secondary N) is 1. The van der Waals surface area contributed by atoms with Crippen LogP contribution < -0.4 is 14.8 Å². The number of carbonyl (C=O) groups excluding carboxylic acids is 4. The van der Waals surface area contributed by atoms with E-state index in [1.54, 1.807) is 42.8 Å². The lowest BCUT2D eigenvalue weighted by Gasteiger charge is -2.29. The fourth-order valence-corrected chi connectivity index (χ4v) is 7.05. The Morgan fingerprint density at radius 3 is 2.52 bits per heavy atom. The number of nitrogens with zero attached hydrogens (tertiary/aromatic N) is 3. The van der Waals surface area contributed by atoms with E-state index < -0.39 is 11.9 Å². The third-order valence-electron chi connectivity index (χ3n) is 8.63. The molecule has 242 valence electrons. The molecule has 48 heavy (non-hydrogen) atoms. The second-order valence-electron chi connectivity index (χ2n) is 11.9. The summed E-state index contributed by atoms with van der Waals surface area (Å²) in [4.78, 5) is 60.1. The van der Waals surface area contributed by atoms with Gasteiger partial charge in [-0.1, -0.05) is 30.3 Å². The van der Waals surface area contributed by atoms with Gasteiger partial charge in [-0.25, -0.2) is 4.98 Å². The van der Waals surface area contributed by atoms with E-state index in [4.69, 9.17) is 14.5 Å². The molecule has 1 atom stereocenters. The number of ketones is 1. The number of thiazole rings is 1. The average Bonchev–Trinajstić information content (AvgIpc) is 3.67. The standard InChI is InChI=1S/C37H32N4O6S/c1-46-28-11-13-31-33(19-28)48-36(39-31)23-6-4-22(5-7-23)24-8-9-26(38-20-24)18-27(42)3-2-16-47-29-10-12-30-25(17-29)21-41(37(30)45)32-14-15-34(43)40-35(32)44/h4-13,17,19-20,32H,2-3,14-16,18,21H2,1H3,(H,40,43,44).